The molecular formula is C13H19NO2S. The van der Waals surface area contributed by atoms with Gasteiger partial charge >= 0.3 is 5.97 Å². The smallest absolute Gasteiger partial charge is 0.345 e. The molecule has 1 aromatic heterocycles. The Morgan fingerprint density at radius 1 is 1.53 bits per heavy atom. The van der Waals surface area contributed by atoms with E-state index in [9.17, 15) is 4.79 Å². The molecule has 0 spiro atoms. The van der Waals surface area contributed by atoms with Gasteiger partial charge in [0.1, 0.15) is 4.88 Å². The summed E-state index contributed by atoms with van der Waals surface area (Å²) >= 11 is 1.37. The quantitative estimate of drug-likeness (QED) is 0.848. The van der Waals surface area contributed by atoms with Crippen molar-refractivity contribution in [1.29, 1.82) is 0 Å². The Bertz CT molecular complexity index is 394. The maximum atomic E-state index is 10.8. The maximum Gasteiger partial charge on any atom is 0.345 e. The molecule has 1 aliphatic rings. The zero-order valence-corrected chi connectivity index (χ0v) is 11.0. The molecule has 3 nitrogen and oxygen atoms in total. The SMILES string of the molecule is Cc1sc(C(=O)O)cc1CNCC1CCCC1. The van der Waals surface area contributed by atoms with Gasteiger partial charge in [-0.3, -0.25) is 0 Å². The van der Waals surface area contributed by atoms with Crippen molar-refractivity contribution in [2.45, 2.75) is 39.2 Å². The van der Waals surface area contributed by atoms with Crippen LogP contribution >= 0.6 is 11.3 Å². The van der Waals surface area contributed by atoms with E-state index in [1.807, 2.05) is 6.92 Å². The number of hydrogen-bond donors (Lipinski definition) is 2. The van der Waals surface area contributed by atoms with Crippen molar-refractivity contribution in [2.75, 3.05) is 6.54 Å². The molecule has 17 heavy (non-hydrogen) atoms. The van der Waals surface area contributed by atoms with Gasteiger partial charge in [0.05, 0.1) is 0 Å². The van der Waals surface area contributed by atoms with Gasteiger partial charge in [-0.25, -0.2) is 4.79 Å². The van der Waals surface area contributed by atoms with Crippen LogP contribution in [0, 0.1) is 12.8 Å². The highest BCUT2D eigenvalue weighted by atomic mass is 32.1. The van der Waals surface area contributed by atoms with E-state index in [4.69, 9.17) is 5.11 Å². The fraction of sp³-hybridized carbons (Fsp3) is 0.615. The van der Waals surface area contributed by atoms with E-state index in [2.05, 4.69) is 5.32 Å². The first-order valence-corrected chi connectivity index (χ1v) is 7.02. The molecule has 1 fully saturated rings. The highest BCUT2D eigenvalue weighted by molar-refractivity contribution is 7.14. The van der Waals surface area contributed by atoms with Gasteiger partial charge in [-0.1, -0.05) is 12.8 Å². The molecule has 0 atom stereocenters. The molecule has 4 heteroatoms. The molecule has 1 heterocycles. The Kier molecular flexibility index (Phi) is 4.18. The zero-order valence-electron chi connectivity index (χ0n) is 10.2. The molecule has 0 aromatic carbocycles. The molecule has 2 rings (SSSR count). The summed E-state index contributed by atoms with van der Waals surface area (Å²) < 4.78 is 0. The first kappa shape index (κ1) is 12.6. The Labute approximate surface area is 106 Å². The fourth-order valence-corrected chi connectivity index (χ4v) is 3.31. The highest BCUT2D eigenvalue weighted by Crippen LogP contribution is 2.24. The summed E-state index contributed by atoms with van der Waals surface area (Å²) in [4.78, 5) is 12.4. The van der Waals surface area contributed by atoms with Crippen molar-refractivity contribution in [3.63, 3.8) is 0 Å². The van der Waals surface area contributed by atoms with Gasteiger partial charge in [-0.2, -0.15) is 0 Å². The third-order valence-electron chi connectivity index (χ3n) is 3.45. The molecule has 2 N–H and O–H groups in total. The Balaban J connectivity index is 1.83. The van der Waals surface area contributed by atoms with E-state index >= 15 is 0 Å². The number of carboxylic acids is 1. The van der Waals surface area contributed by atoms with Crippen molar-refractivity contribution in [3.05, 3.63) is 21.4 Å². The molecule has 94 valence electrons. The summed E-state index contributed by atoms with van der Waals surface area (Å²) in [6.07, 6.45) is 5.42. The van der Waals surface area contributed by atoms with E-state index < -0.39 is 5.97 Å². The second-order valence-corrected chi connectivity index (χ2v) is 6.03. The highest BCUT2D eigenvalue weighted by Gasteiger charge is 2.15. The van der Waals surface area contributed by atoms with Crippen LogP contribution in [0.4, 0.5) is 0 Å². The van der Waals surface area contributed by atoms with Crippen LogP contribution in [-0.2, 0) is 6.54 Å². The lowest BCUT2D eigenvalue weighted by molar-refractivity contribution is 0.0702. The lowest BCUT2D eigenvalue weighted by atomic mass is 10.1. The number of carbonyl (C=O) groups is 1. The van der Waals surface area contributed by atoms with Gasteiger partial charge in [-0.15, -0.1) is 11.3 Å². The number of rotatable bonds is 5. The summed E-state index contributed by atoms with van der Waals surface area (Å²) in [7, 11) is 0. The lowest BCUT2D eigenvalue weighted by Crippen LogP contribution is -2.20. The molecule has 1 aromatic rings. The summed E-state index contributed by atoms with van der Waals surface area (Å²) in [5.41, 5.74) is 1.13. The van der Waals surface area contributed by atoms with E-state index in [1.54, 1.807) is 6.07 Å². The van der Waals surface area contributed by atoms with Crippen molar-refractivity contribution >= 4 is 17.3 Å². The third-order valence-corrected chi connectivity index (χ3v) is 4.54. The topological polar surface area (TPSA) is 49.3 Å². The number of hydrogen-bond acceptors (Lipinski definition) is 3. The number of carboxylic acid groups (broad SMARTS) is 1. The molecule has 1 aliphatic carbocycles. The third kappa shape index (κ3) is 3.30. The first-order chi connectivity index (χ1) is 8.16. The molecule has 0 saturated heterocycles. The van der Waals surface area contributed by atoms with Crippen molar-refractivity contribution in [2.24, 2.45) is 5.92 Å². The predicted octanol–water partition coefficient (Wildman–Crippen LogP) is 3.03. The summed E-state index contributed by atoms with van der Waals surface area (Å²) in [5.74, 6) is 0.00743. The van der Waals surface area contributed by atoms with Crippen LogP contribution < -0.4 is 5.32 Å². The summed E-state index contributed by atoms with van der Waals surface area (Å²) in [6.45, 7) is 3.85. The van der Waals surface area contributed by atoms with Crippen LogP contribution in [-0.4, -0.2) is 17.6 Å². The van der Waals surface area contributed by atoms with Gasteiger partial charge in [-0.05, 0) is 43.9 Å². The number of nitrogens with one attached hydrogen (secondary N) is 1. The largest absolute Gasteiger partial charge is 0.477 e. The van der Waals surface area contributed by atoms with Crippen molar-refractivity contribution in [1.82, 2.24) is 5.32 Å². The van der Waals surface area contributed by atoms with Crippen LogP contribution in [0.25, 0.3) is 0 Å². The molecular weight excluding hydrogens is 234 g/mol. The molecule has 1 saturated carbocycles. The first-order valence-electron chi connectivity index (χ1n) is 6.20. The van der Waals surface area contributed by atoms with Crippen LogP contribution in [0.3, 0.4) is 0 Å². The maximum absolute atomic E-state index is 10.8. The fourth-order valence-electron chi connectivity index (χ4n) is 2.43. The van der Waals surface area contributed by atoms with Crippen LogP contribution in [0.5, 0.6) is 0 Å². The van der Waals surface area contributed by atoms with E-state index in [0.29, 0.717) is 4.88 Å². The second-order valence-electron chi connectivity index (χ2n) is 4.78. The van der Waals surface area contributed by atoms with Gasteiger partial charge in [0.25, 0.3) is 0 Å². The van der Waals surface area contributed by atoms with Crippen molar-refractivity contribution < 1.29 is 9.90 Å². The number of aryl methyl sites for hydroxylation is 1. The second kappa shape index (κ2) is 5.65. The average molecular weight is 253 g/mol. The van der Waals surface area contributed by atoms with E-state index in [0.717, 1.165) is 29.4 Å². The Morgan fingerprint density at radius 3 is 2.82 bits per heavy atom. The summed E-state index contributed by atoms with van der Waals surface area (Å²) in [5, 5.41) is 12.4. The normalized spacial score (nSPS) is 16.5. The van der Waals surface area contributed by atoms with Crippen LogP contribution in [0.1, 0.15) is 45.8 Å². The van der Waals surface area contributed by atoms with Gasteiger partial charge in [0.15, 0.2) is 0 Å². The minimum atomic E-state index is -0.819. The molecule has 0 amide bonds. The van der Waals surface area contributed by atoms with Crippen LogP contribution in [0.2, 0.25) is 0 Å². The van der Waals surface area contributed by atoms with Gasteiger partial charge < -0.3 is 10.4 Å². The molecule has 0 unspecified atom stereocenters. The summed E-state index contributed by atoms with van der Waals surface area (Å²) in [6, 6.07) is 1.80. The van der Waals surface area contributed by atoms with E-state index in [1.165, 1.54) is 37.0 Å². The van der Waals surface area contributed by atoms with E-state index in [-0.39, 0.29) is 0 Å². The Morgan fingerprint density at radius 2 is 2.24 bits per heavy atom. The van der Waals surface area contributed by atoms with Gasteiger partial charge in [0, 0.05) is 11.4 Å². The lowest BCUT2D eigenvalue weighted by Gasteiger charge is -2.10. The standard InChI is InChI=1S/C13H19NO2S/c1-9-11(6-12(17-9)13(15)16)8-14-7-10-4-2-3-5-10/h6,10,14H,2-5,7-8H2,1H3,(H,15,16). The minimum Gasteiger partial charge on any atom is -0.477 e. The van der Waals surface area contributed by atoms with Crippen molar-refractivity contribution in [3.8, 4) is 0 Å². The zero-order chi connectivity index (χ0) is 12.3. The average Bonchev–Trinajstić information content (AvgIpc) is 2.89. The van der Waals surface area contributed by atoms with Crippen LogP contribution in [0.15, 0.2) is 6.07 Å². The molecule has 0 radical (unpaired) electrons. The Hall–Kier alpha value is -0.870. The minimum absolute atomic E-state index is 0.445. The predicted molar refractivity (Wildman–Crippen MR) is 69.7 cm³/mol. The molecule has 0 aliphatic heterocycles. The number of aromatic carboxylic acids is 1. The van der Waals surface area contributed by atoms with Gasteiger partial charge in [0.2, 0.25) is 0 Å². The number of thiophene rings is 1. The monoisotopic (exact) mass is 253 g/mol. The molecule has 0 bridgehead atoms.